The first-order chi connectivity index (χ1) is 20.5. The van der Waals surface area contributed by atoms with Crippen LogP contribution in [0.5, 0.6) is 0 Å². The zero-order valence-corrected chi connectivity index (χ0v) is 27.0. The number of rotatable bonds is 9. The number of ether oxygens (including phenoxy) is 2. The summed E-state index contributed by atoms with van der Waals surface area (Å²) >= 11 is 0. The molecule has 5 rings (SSSR count). The van der Waals surface area contributed by atoms with Gasteiger partial charge in [-0.05, 0) is 79.4 Å². The van der Waals surface area contributed by atoms with Gasteiger partial charge in [0.15, 0.2) is 6.29 Å². The topological polar surface area (TPSA) is 201 Å². The second kappa shape index (κ2) is 12.2. The molecule has 1 heterocycles. The first kappa shape index (κ1) is 34.9. The van der Waals surface area contributed by atoms with E-state index in [-0.39, 0.29) is 36.7 Å². The van der Waals surface area contributed by atoms with Gasteiger partial charge in [-0.2, -0.15) is 0 Å². The maximum atomic E-state index is 12.5. The lowest BCUT2D eigenvalue weighted by Gasteiger charge is -2.66. The van der Waals surface area contributed by atoms with Crippen LogP contribution in [0, 0.1) is 46.3 Å². The highest BCUT2D eigenvalue weighted by molar-refractivity contribution is 5.21. The molecule has 1 aliphatic heterocycles. The third kappa shape index (κ3) is 5.21. The van der Waals surface area contributed by atoms with Crippen molar-refractivity contribution in [2.24, 2.45) is 46.3 Å². The van der Waals surface area contributed by atoms with Crippen molar-refractivity contribution in [3.63, 3.8) is 0 Å². The number of aliphatic hydroxyl groups excluding tert-OH is 8. The second-order valence-electron chi connectivity index (χ2n) is 16.1. The van der Waals surface area contributed by atoms with Crippen LogP contribution in [-0.4, -0.2) is 119 Å². The lowest BCUT2D eigenvalue weighted by Crippen LogP contribution is -2.70. The number of hydrogen-bond donors (Lipinski definition) is 9. The third-order valence-corrected chi connectivity index (χ3v) is 13.7. The monoisotopic (exact) mass is 630 g/mol. The minimum absolute atomic E-state index is 0.0476. The highest BCUT2D eigenvalue weighted by Crippen LogP contribution is 2.70. The fraction of sp³-hybridized carbons (Fsp3) is 1.00. The van der Waals surface area contributed by atoms with Gasteiger partial charge in [0.25, 0.3) is 0 Å². The summed E-state index contributed by atoms with van der Waals surface area (Å²) in [5, 5.41) is 97.7. The molecular weight excluding hydrogens is 572 g/mol. The van der Waals surface area contributed by atoms with Crippen molar-refractivity contribution in [3.05, 3.63) is 0 Å². The molecule has 5 fully saturated rings. The molecule has 5 aliphatic rings. The van der Waals surface area contributed by atoms with E-state index in [1.54, 1.807) is 0 Å². The van der Waals surface area contributed by atoms with Gasteiger partial charge < -0.3 is 55.4 Å². The van der Waals surface area contributed by atoms with Crippen LogP contribution in [0.1, 0.15) is 86.0 Å². The molecule has 0 amide bonds. The van der Waals surface area contributed by atoms with Crippen LogP contribution in [0.4, 0.5) is 0 Å². The van der Waals surface area contributed by atoms with E-state index in [9.17, 15) is 46.0 Å². The van der Waals surface area contributed by atoms with E-state index in [2.05, 4.69) is 13.8 Å². The standard InChI is InChI=1S/C33H58O11/c1-16(2)32(15-35,44-29-27(41)26(40)22(14-34)43-29)11-6-17(3)18-12-20(37)28-30(18,4)10-8-23-31(5)9-7-19(36)25(39)24(31)21(38)13-33(23,28)42/h16-29,34-42H,6-15H2,1-5H3. The molecule has 11 nitrogen and oxygen atoms in total. The highest BCUT2D eigenvalue weighted by atomic mass is 16.7. The molecule has 0 bridgehead atoms. The Kier molecular flexibility index (Phi) is 9.69. The summed E-state index contributed by atoms with van der Waals surface area (Å²) in [6, 6.07) is 0. The molecule has 4 aliphatic carbocycles. The van der Waals surface area contributed by atoms with Crippen LogP contribution in [-0.2, 0) is 9.47 Å². The lowest BCUT2D eigenvalue weighted by atomic mass is 9.41. The molecule has 17 unspecified atom stereocenters. The van der Waals surface area contributed by atoms with Crippen molar-refractivity contribution >= 4 is 0 Å². The molecule has 1 saturated heterocycles. The molecule has 0 aromatic rings. The van der Waals surface area contributed by atoms with Crippen molar-refractivity contribution < 1.29 is 55.4 Å². The molecule has 44 heavy (non-hydrogen) atoms. The van der Waals surface area contributed by atoms with Crippen LogP contribution in [0.3, 0.4) is 0 Å². The summed E-state index contributed by atoms with van der Waals surface area (Å²) in [6.45, 7) is 9.33. The van der Waals surface area contributed by atoms with Gasteiger partial charge in [-0.1, -0.05) is 34.6 Å². The average Bonchev–Trinajstić information content (AvgIpc) is 3.39. The molecule has 0 aromatic heterocycles. The zero-order chi connectivity index (χ0) is 32.6. The molecule has 4 saturated carbocycles. The van der Waals surface area contributed by atoms with Crippen LogP contribution in [0.2, 0.25) is 0 Å². The Hall–Kier alpha value is -0.440. The minimum Gasteiger partial charge on any atom is -0.394 e. The second-order valence-corrected chi connectivity index (χ2v) is 16.1. The molecule has 11 heteroatoms. The summed E-state index contributed by atoms with van der Waals surface area (Å²) in [5.74, 6) is -1.27. The number of hydrogen-bond acceptors (Lipinski definition) is 11. The molecular formula is C33H58O11. The van der Waals surface area contributed by atoms with Gasteiger partial charge in [0.2, 0.25) is 0 Å². The molecule has 9 N–H and O–H groups in total. The minimum atomic E-state index is -1.37. The van der Waals surface area contributed by atoms with Crippen LogP contribution in [0.25, 0.3) is 0 Å². The van der Waals surface area contributed by atoms with E-state index < -0.39 is 89.5 Å². The Morgan fingerprint density at radius 2 is 1.52 bits per heavy atom. The zero-order valence-electron chi connectivity index (χ0n) is 27.0. The van der Waals surface area contributed by atoms with E-state index in [0.29, 0.717) is 38.5 Å². The van der Waals surface area contributed by atoms with Gasteiger partial charge in [-0.3, -0.25) is 0 Å². The highest BCUT2D eigenvalue weighted by Gasteiger charge is 2.71. The van der Waals surface area contributed by atoms with Gasteiger partial charge in [-0.25, -0.2) is 0 Å². The molecule has 0 radical (unpaired) electrons. The Morgan fingerprint density at radius 3 is 2.11 bits per heavy atom. The Bertz CT molecular complexity index is 1010. The van der Waals surface area contributed by atoms with E-state index in [4.69, 9.17) is 9.47 Å². The van der Waals surface area contributed by atoms with Gasteiger partial charge >= 0.3 is 0 Å². The molecule has 17 atom stereocenters. The first-order valence-electron chi connectivity index (χ1n) is 16.9. The van der Waals surface area contributed by atoms with Crippen LogP contribution >= 0.6 is 0 Å². The van der Waals surface area contributed by atoms with Crippen LogP contribution < -0.4 is 0 Å². The van der Waals surface area contributed by atoms with Crippen molar-refractivity contribution in [1.82, 2.24) is 0 Å². The van der Waals surface area contributed by atoms with Gasteiger partial charge in [0.05, 0.1) is 48.8 Å². The predicted octanol–water partition coefficient (Wildman–Crippen LogP) is 0.293. The van der Waals surface area contributed by atoms with Crippen molar-refractivity contribution in [3.8, 4) is 0 Å². The van der Waals surface area contributed by atoms with Gasteiger partial charge in [0, 0.05) is 18.3 Å². The lowest BCUT2D eigenvalue weighted by molar-refractivity contribution is -0.280. The van der Waals surface area contributed by atoms with Crippen LogP contribution in [0.15, 0.2) is 0 Å². The summed E-state index contributed by atoms with van der Waals surface area (Å²) in [5.41, 5.74) is -3.38. The number of fused-ring (bicyclic) bond motifs is 5. The van der Waals surface area contributed by atoms with Crippen molar-refractivity contribution in [2.45, 2.75) is 146 Å². The van der Waals surface area contributed by atoms with E-state index in [1.165, 1.54) is 0 Å². The summed E-state index contributed by atoms with van der Waals surface area (Å²) in [7, 11) is 0. The molecule has 0 aromatic carbocycles. The van der Waals surface area contributed by atoms with Crippen molar-refractivity contribution in [2.75, 3.05) is 13.2 Å². The van der Waals surface area contributed by atoms with Gasteiger partial charge in [0.1, 0.15) is 18.3 Å². The van der Waals surface area contributed by atoms with E-state index in [1.807, 2.05) is 20.8 Å². The van der Waals surface area contributed by atoms with Gasteiger partial charge in [-0.15, -0.1) is 0 Å². The van der Waals surface area contributed by atoms with E-state index >= 15 is 0 Å². The van der Waals surface area contributed by atoms with Crippen molar-refractivity contribution in [1.29, 1.82) is 0 Å². The largest absolute Gasteiger partial charge is 0.394 e. The fourth-order valence-electron chi connectivity index (χ4n) is 11.2. The molecule has 0 spiro atoms. The third-order valence-electron chi connectivity index (χ3n) is 13.7. The maximum absolute atomic E-state index is 12.5. The Labute approximate surface area is 261 Å². The fourth-order valence-corrected chi connectivity index (χ4v) is 11.2. The first-order valence-corrected chi connectivity index (χ1v) is 16.9. The maximum Gasteiger partial charge on any atom is 0.187 e. The Morgan fingerprint density at radius 1 is 0.864 bits per heavy atom. The average molecular weight is 631 g/mol. The number of aliphatic hydroxyl groups is 9. The SMILES string of the molecule is CC(CCC(CO)(OC1OC(CO)C(O)C1O)C(C)C)C1CC(O)C2C1(C)CCC1C3(C)CCC(O)C(O)C3C(O)CC12O. The molecule has 256 valence electrons. The summed E-state index contributed by atoms with van der Waals surface area (Å²) < 4.78 is 11.8. The Balaban J connectivity index is 1.34. The normalized spacial score (nSPS) is 52.7. The predicted molar refractivity (Wildman–Crippen MR) is 159 cm³/mol. The summed E-state index contributed by atoms with van der Waals surface area (Å²) in [4.78, 5) is 0. The quantitative estimate of drug-likeness (QED) is 0.170. The summed E-state index contributed by atoms with van der Waals surface area (Å²) in [6.07, 6.45) is -4.48. The smallest absolute Gasteiger partial charge is 0.187 e. The van der Waals surface area contributed by atoms with E-state index in [0.717, 1.165) is 6.42 Å².